The lowest BCUT2D eigenvalue weighted by atomic mass is 9.91. The lowest BCUT2D eigenvalue weighted by molar-refractivity contribution is -0.147. The second kappa shape index (κ2) is 7.74. The van der Waals surface area contributed by atoms with Crippen molar-refractivity contribution >= 4 is 5.97 Å². The molecule has 0 aromatic carbocycles. The zero-order chi connectivity index (χ0) is 13.5. The highest BCUT2D eigenvalue weighted by Crippen LogP contribution is 2.23. The van der Waals surface area contributed by atoms with Crippen molar-refractivity contribution < 1.29 is 14.6 Å². The Balaban J connectivity index is 2.28. The Morgan fingerprint density at radius 2 is 2.17 bits per heavy atom. The Morgan fingerprint density at radius 1 is 1.44 bits per heavy atom. The predicted molar refractivity (Wildman–Crippen MR) is 71.7 cm³/mol. The smallest absolute Gasteiger partial charge is 0.321 e. The molecule has 18 heavy (non-hydrogen) atoms. The zero-order valence-corrected chi connectivity index (χ0v) is 11.9. The molecule has 0 radical (unpaired) electrons. The fourth-order valence-corrected chi connectivity index (χ4v) is 2.53. The summed E-state index contributed by atoms with van der Waals surface area (Å²) in [6.45, 7) is 9.42. The van der Waals surface area contributed by atoms with Crippen LogP contribution in [0.2, 0.25) is 0 Å². The molecule has 0 bridgehead atoms. The molecule has 0 saturated carbocycles. The summed E-state index contributed by atoms with van der Waals surface area (Å²) in [5.74, 6) is 0.211. The van der Waals surface area contributed by atoms with Crippen molar-refractivity contribution in [2.75, 3.05) is 26.3 Å². The highest BCUT2D eigenvalue weighted by atomic mass is 16.5. The fourth-order valence-electron chi connectivity index (χ4n) is 2.53. The third-order valence-electron chi connectivity index (χ3n) is 3.65. The van der Waals surface area contributed by atoms with E-state index < -0.39 is 5.97 Å². The number of aliphatic carboxylic acids is 1. The summed E-state index contributed by atoms with van der Waals surface area (Å²) >= 11 is 0. The van der Waals surface area contributed by atoms with Crippen LogP contribution in [0.25, 0.3) is 0 Å². The van der Waals surface area contributed by atoms with Crippen LogP contribution in [0, 0.1) is 11.8 Å². The Hall–Kier alpha value is -0.610. The van der Waals surface area contributed by atoms with Crippen LogP contribution in [-0.4, -0.2) is 48.3 Å². The summed E-state index contributed by atoms with van der Waals surface area (Å²) < 4.78 is 5.58. The molecule has 106 valence electrons. The van der Waals surface area contributed by atoms with Crippen molar-refractivity contribution in [3.05, 3.63) is 0 Å². The molecule has 1 rings (SSSR count). The van der Waals surface area contributed by atoms with Gasteiger partial charge in [-0.05, 0) is 37.6 Å². The number of carboxylic acid groups (broad SMARTS) is 1. The van der Waals surface area contributed by atoms with Gasteiger partial charge < -0.3 is 9.84 Å². The van der Waals surface area contributed by atoms with Crippen molar-refractivity contribution in [2.24, 2.45) is 11.8 Å². The fraction of sp³-hybridized carbons (Fsp3) is 0.929. The molecule has 0 aromatic heterocycles. The summed E-state index contributed by atoms with van der Waals surface area (Å²) in [5, 5.41) is 9.27. The van der Waals surface area contributed by atoms with Gasteiger partial charge in [-0.15, -0.1) is 0 Å². The average Bonchev–Trinajstić information content (AvgIpc) is 2.27. The molecule has 4 nitrogen and oxygen atoms in total. The molecule has 0 aliphatic carbocycles. The molecule has 2 unspecified atom stereocenters. The topological polar surface area (TPSA) is 49.8 Å². The minimum Gasteiger partial charge on any atom is -0.480 e. The molecule has 0 amide bonds. The molecule has 1 N–H and O–H groups in total. The quantitative estimate of drug-likeness (QED) is 0.711. The second-order valence-corrected chi connectivity index (χ2v) is 5.73. The van der Waals surface area contributed by atoms with E-state index in [1.807, 2.05) is 6.92 Å². The normalized spacial score (nSPS) is 25.6. The van der Waals surface area contributed by atoms with Crippen LogP contribution >= 0.6 is 0 Å². The van der Waals surface area contributed by atoms with Gasteiger partial charge in [-0.25, -0.2) is 0 Å². The van der Waals surface area contributed by atoms with Crippen LogP contribution in [-0.2, 0) is 9.53 Å². The zero-order valence-electron chi connectivity index (χ0n) is 11.9. The molecule has 2 atom stereocenters. The number of carboxylic acids is 1. The highest BCUT2D eigenvalue weighted by Gasteiger charge is 2.33. The molecule has 1 heterocycles. The first-order valence-corrected chi connectivity index (χ1v) is 7.07. The van der Waals surface area contributed by atoms with Crippen LogP contribution in [0.5, 0.6) is 0 Å². The molecular formula is C14H27NO3. The summed E-state index contributed by atoms with van der Waals surface area (Å²) in [4.78, 5) is 13.3. The minimum absolute atomic E-state index is 0.243. The van der Waals surface area contributed by atoms with E-state index >= 15 is 0 Å². The first kappa shape index (κ1) is 15.4. The Kier molecular flexibility index (Phi) is 6.65. The molecule has 0 spiro atoms. The SMILES string of the molecule is CC(C)CCOCCN1CCCC(C)C1C(=O)O. The predicted octanol–water partition coefficient (Wildman–Crippen LogP) is 2.23. The van der Waals surface area contributed by atoms with E-state index in [1.165, 1.54) is 0 Å². The van der Waals surface area contributed by atoms with Gasteiger partial charge in [0.2, 0.25) is 0 Å². The monoisotopic (exact) mass is 257 g/mol. The van der Waals surface area contributed by atoms with Gasteiger partial charge in [-0.3, -0.25) is 9.69 Å². The summed E-state index contributed by atoms with van der Waals surface area (Å²) in [5.41, 5.74) is 0. The maximum atomic E-state index is 11.3. The van der Waals surface area contributed by atoms with E-state index in [9.17, 15) is 9.90 Å². The van der Waals surface area contributed by atoms with Gasteiger partial charge in [0.1, 0.15) is 6.04 Å². The van der Waals surface area contributed by atoms with Crippen molar-refractivity contribution in [1.29, 1.82) is 0 Å². The van der Waals surface area contributed by atoms with E-state index in [4.69, 9.17) is 4.74 Å². The number of hydrogen-bond acceptors (Lipinski definition) is 3. The van der Waals surface area contributed by atoms with Gasteiger partial charge in [0.05, 0.1) is 6.61 Å². The van der Waals surface area contributed by atoms with Gasteiger partial charge in [0.15, 0.2) is 0 Å². The van der Waals surface area contributed by atoms with Crippen molar-refractivity contribution in [2.45, 2.75) is 46.1 Å². The van der Waals surface area contributed by atoms with Gasteiger partial charge in [-0.2, -0.15) is 0 Å². The van der Waals surface area contributed by atoms with Gasteiger partial charge in [-0.1, -0.05) is 20.8 Å². The van der Waals surface area contributed by atoms with Gasteiger partial charge in [0, 0.05) is 13.2 Å². The maximum Gasteiger partial charge on any atom is 0.321 e. The van der Waals surface area contributed by atoms with Gasteiger partial charge in [0.25, 0.3) is 0 Å². The lowest BCUT2D eigenvalue weighted by Crippen LogP contribution is -2.50. The third kappa shape index (κ3) is 4.94. The maximum absolute atomic E-state index is 11.3. The van der Waals surface area contributed by atoms with Crippen LogP contribution in [0.15, 0.2) is 0 Å². The van der Waals surface area contributed by atoms with E-state index in [2.05, 4.69) is 18.7 Å². The average molecular weight is 257 g/mol. The Labute approximate surface area is 110 Å². The first-order chi connectivity index (χ1) is 8.52. The number of carbonyl (C=O) groups is 1. The minimum atomic E-state index is -0.690. The van der Waals surface area contributed by atoms with Crippen LogP contribution in [0.4, 0.5) is 0 Å². The second-order valence-electron chi connectivity index (χ2n) is 5.73. The standard InChI is InChI=1S/C14H27NO3/c1-11(2)6-9-18-10-8-15-7-4-5-12(3)13(15)14(16)17/h11-13H,4-10H2,1-3H3,(H,16,17). The summed E-state index contributed by atoms with van der Waals surface area (Å²) in [7, 11) is 0. The highest BCUT2D eigenvalue weighted by molar-refractivity contribution is 5.74. The number of nitrogens with zero attached hydrogens (tertiary/aromatic N) is 1. The van der Waals surface area contributed by atoms with E-state index in [0.29, 0.717) is 12.5 Å². The molecule has 4 heteroatoms. The molecule has 1 aliphatic heterocycles. The lowest BCUT2D eigenvalue weighted by Gasteiger charge is -2.37. The number of piperidine rings is 1. The largest absolute Gasteiger partial charge is 0.480 e. The third-order valence-corrected chi connectivity index (χ3v) is 3.65. The van der Waals surface area contributed by atoms with Crippen molar-refractivity contribution in [3.8, 4) is 0 Å². The van der Waals surface area contributed by atoms with E-state index in [-0.39, 0.29) is 12.0 Å². The van der Waals surface area contributed by atoms with Crippen molar-refractivity contribution in [1.82, 2.24) is 4.90 Å². The number of likely N-dealkylation sites (tertiary alicyclic amines) is 1. The summed E-state index contributed by atoms with van der Waals surface area (Å²) in [6.07, 6.45) is 3.18. The van der Waals surface area contributed by atoms with Crippen molar-refractivity contribution in [3.63, 3.8) is 0 Å². The molecule has 1 fully saturated rings. The number of rotatable bonds is 7. The number of ether oxygens (including phenoxy) is 1. The molecule has 1 aliphatic rings. The first-order valence-electron chi connectivity index (χ1n) is 7.07. The van der Waals surface area contributed by atoms with Crippen LogP contribution in [0.3, 0.4) is 0 Å². The molecule has 1 saturated heterocycles. The Bertz CT molecular complexity index is 255. The van der Waals surface area contributed by atoms with Gasteiger partial charge >= 0.3 is 5.97 Å². The summed E-state index contributed by atoms with van der Waals surface area (Å²) in [6, 6.07) is -0.326. The van der Waals surface area contributed by atoms with Crippen LogP contribution in [0.1, 0.15) is 40.0 Å². The van der Waals surface area contributed by atoms with E-state index in [1.54, 1.807) is 0 Å². The van der Waals surface area contributed by atoms with Crippen LogP contribution < -0.4 is 0 Å². The Morgan fingerprint density at radius 3 is 2.78 bits per heavy atom. The molecule has 0 aromatic rings. The van der Waals surface area contributed by atoms with E-state index in [0.717, 1.165) is 39.0 Å². The molecular weight excluding hydrogens is 230 g/mol. The number of hydrogen-bond donors (Lipinski definition) is 1.